The van der Waals surface area contributed by atoms with Gasteiger partial charge in [0.05, 0.1) is 5.56 Å². The van der Waals surface area contributed by atoms with Crippen LogP contribution in [0.3, 0.4) is 0 Å². The quantitative estimate of drug-likeness (QED) is 0.602. The standard InChI is InChI=1S/C23H17F3N2O4/c24-23(25,26)15-11-9-14(10-12-15)16-5-1-2-6-17(16)21(29)27-28-22(30)20-13-31-18-7-3-4-8-19(18)32-20/h1-12,20H,13H2,(H,27,29)(H,28,30). The number of fused-ring (bicyclic) bond motifs is 1. The van der Waals surface area contributed by atoms with Gasteiger partial charge in [0.25, 0.3) is 11.8 Å². The molecule has 1 unspecified atom stereocenters. The van der Waals surface area contributed by atoms with Gasteiger partial charge in [-0.25, -0.2) is 0 Å². The van der Waals surface area contributed by atoms with Crippen molar-refractivity contribution in [3.63, 3.8) is 0 Å². The van der Waals surface area contributed by atoms with Crippen molar-refractivity contribution in [2.45, 2.75) is 12.3 Å². The van der Waals surface area contributed by atoms with Gasteiger partial charge in [0.15, 0.2) is 11.5 Å². The highest BCUT2D eigenvalue weighted by Gasteiger charge is 2.30. The highest BCUT2D eigenvalue weighted by Crippen LogP contribution is 2.32. The van der Waals surface area contributed by atoms with E-state index in [9.17, 15) is 22.8 Å². The van der Waals surface area contributed by atoms with Gasteiger partial charge in [-0.15, -0.1) is 0 Å². The molecule has 0 fully saturated rings. The van der Waals surface area contributed by atoms with Crippen LogP contribution in [0.2, 0.25) is 0 Å². The third-order valence-corrected chi connectivity index (χ3v) is 4.80. The molecule has 2 amide bonds. The van der Waals surface area contributed by atoms with Gasteiger partial charge < -0.3 is 9.47 Å². The topological polar surface area (TPSA) is 76.7 Å². The molecule has 164 valence electrons. The van der Waals surface area contributed by atoms with Crippen molar-refractivity contribution in [2.75, 3.05) is 6.61 Å². The van der Waals surface area contributed by atoms with Crippen molar-refractivity contribution < 1.29 is 32.2 Å². The average Bonchev–Trinajstić information content (AvgIpc) is 2.81. The van der Waals surface area contributed by atoms with Gasteiger partial charge >= 0.3 is 6.18 Å². The molecular formula is C23H17F3N2O4. The third-order valence-electron chi connectivity index (χ3n) is 4.80. The molecule has 1 aliphatic rings. The van der Waals surface area contributed by atoms with E-state index in [1.807, 2.05) is 0 Å². The number of hydrogen-bond acceptors (Lipinski definition) is 4. The van der Waals surface area contributed by atoms with E-state index in [1.165, 1.54) is 18.2 Å². The molecule has 32 heavy (non-hydrogen) atoms. The second kappa shape index (κ2) is 8.62. The summed E-state index contributed by atoms with van der Waals surface area (Å²) in [6, 6.07) is 17.7. The number of amides is 2. The maximum atomic E-state index is 12.8. The molecule has 0 saturated heterocycles. The molecule has 0 bridgehead atoms. The molecule has 3 aromatic carbocycles. The zero-order valence-electron chi connectivity index (χ0n) is 16.5. The Hall–Kier alpha value is -4.01. The lowest BCUT2D eigenvalue weighted by Crippen LogP contribution is -2.50. The summed E-state index contributed by atoms with van der Waals surface area (Å²) in [6.45, 7) is -0.0269. The molecule has 4 rings (SSSR count). The number of benzene rings is 3. The Morgan fingerprint density at radius 1 is 0.844 bits per heavy atom. The van der Waals surface area contributed by atoms with E-state index >= 15 is 0 Å². The van der Waals surface area contributed by atoms with Gasteiger partial charge in [-0.3, -0.25) is 20.4 Å². The van der Waals surface area contributed by atoms with Gasteiger partial charge in [-0.1, -0.05) is 42.5 Å². The first kappa shape index (κ1) is 21.2. The second-order valence-corrected chi connectivity index (χ2v) is 6.93. The minimum absolute atomic E-state index is 0.0269. The predicted octanol–water partition coefficient (Wildman–Crippen LogP) is 3.97. The fourth-order valence-corrected chi connectivity index (χ4v) is 3.19. The number of para-hydroxylation sites is 2. The molecular weight excluding hydrogens is 425 g/mol. The van der Waals surface area contributed by atoms with Gasteiger partial charge in [0.1, 0.15) is 6.61 Å². The Kier molecular flexibility index (Phi) is 5.72. The molecule has 3 aromatic rings. The van der Waals surface area contributed by atoms with Crippen LogP contribution in [0.1, 0.15) is 15.9 Å². The van der Waals surface area contributed by atoms with Crippen LogP contribution in [0, 0.1) is 0 Å². The van der Waals surface area contributed by atoms with Gasteiger partial charge in [-0.2, -0.15) is 13.2 Å². The highest BCUT2D eigenvalue weighted by molar-refractivity contribution is 6.01. The zero-order valence-corrected chi connectivity index (χ0v) is 16.5. The van der Waals surface area contributed by atoms with Crippen LogP contribution in [0.25, 0.3) is 11.1 Å². The number of hydrogen-bond donors (Lipinski definition) is 2. The van der Waals surface area contributed by atoms with Gasteiger partial charge in [0, 0.05) is 5.56 Å². The van der Waals surface area contributed by atoms with Crippen molar-refractivity contribution in [2.24, 2.45) is 0 Å². The third kappa shape index (κ3) is 4.51. The first-order valence-electron chi connectivity index (χ1n) is 9.58. The molecule has 1 atom stereocenters. The SMILES string of the molecule is O=C(NNC(=O)C1COc2ccccc2O1)c1ccccc1-c1ccc(C(F)(F)F)cc1. The number of rotatable bonds is 3. The second-order valence-electron chi connectivity index (χ2n) is 6.93. The van der Waals surface area contributed by atoms with E-state index in [4.69, 9.17) is 9.47 Å². The summed E-state index contributed by atoms with van der Waals surface area (Å²) in [5.74, 6) is -0.310. The molecule has 2 N–H and O–H groups in total. The van der Waals surface area contributed by atoms with Crippen LogP contribution >= 0.6 is 0 Å². The number of carbonyl (C=O) groups excluding carboxylic acids is 2. The Morgan fingerprint density at radius 3 is 2.22 bits per heavy atom. The Labute approximate surface area is 180 Å². The monoisotopic (exact) mass is 442 g/mol. The largest absolute Gasteiger partial charge is 0.485 e. The van der Waals surface area contributed by atoms with Crippen molar-refractivity contribution >= 4 is 11.8 Å². The van der Waals surface area contributed by atoms with Crippen molar-refractivity contribution in [3.8, 4) is 22.6 Å². The van der Waals surface area contributed by atoms with E-state index in [0.717, 1.165) is 12.1 Å². The molecule has 0 radical (unpaired) electrons. The van der Waals surface area contributed by atoms with Crippen molar-refractivity contribution in [1.29, 1.82) is 0 Å². The van der Waals surface area contributed by atoms with Crippen molar-refractivity contribution in [1.82, 2.24) is 10.9 Å². The van der Waals surface area contributed by atoms with Crippen molar-refractivity contribution in [3.05, 3.63) is 83.9 Å². The summed E-state index contributed by atoms with van der Waals surface area (Å²) < 4.78 is 49.5. The number of carbonyl (C=O) groups is 2. The Balaban J connectivity index is 1.44. The number of hydrazine groups is 1. The molecule has 0 aliphatic carbocycles. The minimum atomic E-state index is -4.45. The van der Waals surface area contributed by atoms with E-state index < -0.39 is 29.7 Å². The number of nitrogens with one attached hydrogen (secondary N) is 2. The molecule has 0 spiro atoms. The predicted molar refractivity (Wildman–Crippen MR) is 109 cm³/mol. The average molecular weight is 442 g/mol. The summed E-state index contributed by atoms with van der Waals surface area (Å²) in [6.07, 6.45) is -5.42. The molecule has 9 heteroatoms. The Bertz CT molecular complexity index is 1150. The molecule has 1 aliphatic heterocycles. The lowest BCUT2D eigenvalue weighted by Gasteiger charge is -2.25. The van der Waals surface area contributed by atoms with E-state index in [1.54, 1.807) is 42.5 Å². The normalized spacial score (nSPS) is 15.0. The highest BCUT2D eigenvalue weighted by atomic mass is 19.4. The molecule has 0 saturated carbocycles. The van der Waals surface area contributed by atoms with Crippen LogP contribution in [-0.4, -0.2) is 24.5 Å². The first-order valence-corrected chi connectivity index (χ1v) is 9.58. The summed E-state index contributed by atoms with van der Waals surface area (Å²) >= 11 is 0. The molecule has 0 aromatic heterocycles. The smallest absolute Gasteiger partial charge is 0.416 e. The van der Waals surface area contributed by atoms with Gasteiger partial charge in [-0.05, 0) is 41.5 Å². The summed E-state index contributed by atoms with van der Waals surface area (Å²) in [5.41, 5.74) is 4.85. The summed E-state index contributed by atoms with van der Waals surface area (Å²) in [5, 5.41) is 0. The van der Waals surface area contributed by atoms with Crippen LogP contribution in [0.5, 0.6) is 11.5 Å². The van der Waals surface area contributed by atoms with E-state index in [2.05, 4.69) is 10.9 Å². The summed E-state index contributed by atoms with van der Waals surface area (Å²) in [4.78, 5) is 25.1. The lowest BCUT2D eigenvalue weighted by molar-refractivity contribution is -0.137. The maximum absolute atomic E-state index is 12.8. The van der Waals surface area contributed by atoms with Gasteiger partial charge in [0.2, 0.25) is 6.10 Å². The fourth-order valence-electron chi connectivity index (χ4n) is 3.19. The van der Waals surface area contributed by atoms with Crippen LogP contribution < -0.4 is 20.3 Å². The zero-order chi connectivity index (χ0) is 22.7. The maximum Gasteiger partial charge on any atom is 0.416 e. The minimum Gasteiger partial charge on any atom is -0.485 e. The summed E-state index contributed by atoms with van der Waals surface area (Å²) in [7, 11) is 0. The van der Waals surface area contributed by atoms with Crippen LogP contribution in [-0.2, 0) is 11.0 Å². The Morgan fingerprint density at radius 2 is 1.50 bits per heavy atom. The fraction of sp³-hybridized carbons (Fsp3) is 0.130. The first-order chi connectivity index (χ1) is 15.3. The van der Waals surface area contributed by atoms with Crippen LogP contribution in [0.4, 0.5) is 13.2 Å². The number of alkyl halides is 3. The van der Waals surface area contributed by atoms with E-state index in [-0.39, 0.29) is 12.2 Å². The van der Waals surface area contributed by atoms with E-state index in [0.29, 0.717) is 22.6 Å². The molecule has 1 heterocycles. The number of halogens is 3. The van der Waals surface area contributed by atoms with Crippen LogP contribution in [0.15, 0.2) is 72.8 Å². The number of ether oxygens (including phenoxy) is 2. The molecule has 6 nitrogen and oxygen atoms in total. The lowest BCUT2D eigenvalue weighted by atomic mass is 9.98.